The number of nitrogens with one attached hydrogen (secondary N) is 1. The maximum atomic E-state index is 12.7. The molecule has 2 aromatic heterocycles. The third kappa shape index (κ3) is 2.45. The molecule has 25 heavy (non-hydrogen) atoms. The molecule has 3 aromatic rings. The Hall–Kier alpha value is -2.89. The number of carboxylic acids is 1. The average molecular weight is 337 g/mol. The molecule has 0 spiro atoms. The maximum absolute atomic E-state index is 12.7. The number of nitrogens with zero attached hydrogens (tertiary/aromatic N) is 2. The Bertz CT molecular complexity index is 1060. The van der Waals surface area contributed by atoms with Crippen molar-refractivity contribution >= 4 is 11.5 Å². The minimum absolute atomic E-state index is 0.00700. The van der Waals surface area contributed by atoms with Crippen LogP contribution in [0.2, 0.25) is 0 Å². The minimum Gasteiger partial charge on any atom is -0.476 e. The summed E-state index contributed by atoms with van der Waals surface area (Å²) in [7, 11) is 0. The van der Waals surface area contributed by atoms with Gasteiger partial charge in [0.1, 0.15) is 5.52 Å². The van der Waals surface area contributed by atoms with E-state index in [9.17, 15) is 14.7 Å². The number of benzene rings is 1. The summed E-state index contributed by atoms with van der Waals surface area (Å²) in [5, 5.41) is 13.7. The first-order chi connectivity index (χ1) is 12.0. The lowest BCUT2D eigenvalue weighted by molar-refractivity contribution is 0.0687. The van der Waals surface area contributed by atoms with E-state index in [2.05, 4.69) is 10.1 Å². The normalized spacial score (nSPS) is 14.6. The van der Waals surface area contributed by atoms with E-state index in [0.717, 1.165) is 30.4 Å². The van der Waals surface area contributed by atoms with Crippen molar-refractivity contribution in [2.45, 2.75) is 39.0 Å². The number of H-pyrrole nitrogens is 1. The Balaban J connectivity index is 1.94. The molecule has 2 heterocycles. The second-order valence-electron chi connectivity index (χ2n) is 6.78. The number of carboxylic acid groups (broad SMARTS) is 1. The monoisotopic (exact) mass is 337 g/mol. The average Bonchev–Trinajstić information content (AvgIpc) is 2.88. The van der Waals surface area contributed by atoms with Gasteiger partial charge in [0.2, 0.25) is 0 Å². The molecule has 0 aliphatic heterocycles. The summed E-state index contributed by atoms with van der Waals surface area (Å²) in [5.41, 5.74) is 4.43. The largest absolute Gasteiger partial charge is 0.476 e. The molecule has 0 bridgehead atoms. The van der Waals surface area contributed by atoms with Crippen LogP contribution in [0, 0.1) is 13.8 Å². The van der Waals surface area contributed by atoms with Gasteiger partial charge in [0.05, 0.1) is 11.9 Å². The van der Waals surface area contributed by atoms with Gasteiger partial charge in [-0.15, -0.1) is 0 Å². The number of aromatic amines is 1. The molecule has 4 rings (SSSR count). The lowest BCUT2D eigenvalue weighted by Crippen LogP contribution is -2.17. The van der Waals surface area contributed by atoms with Gasteiger partial charge in [-0.05, 0) is 55.4 Å². The quantitative estimate of drug-likeness (QED) is 0.768. The lowest BCUT2D eigenvalue weighted by atomic mass is 9.79. The van der Waals surface area contributed by atoms with Crippen molar-refractivity contribution in [2.24, 2.45) is 0 Å². The summed E-state index contributed by atoms with van der Waals surface area (Å²) in [6.07, 6.45) is 4.56. The zero-order chi connectivity index (χ0) is 17.7. The molecule has 1 aliphatic carbocycles. The van der Waals surface area contributed by atoms with E-state index in [1.807, 2.05) is 32.0 Å². The van der Waals surface area contributed by atoms with Gasteiger partial charge in [-0.2, -0.15) is 5.10 Å². The Kier molecular flexibility index (Phi) is 3.49. The number of aromatic nitrogens is 3. The molecule has 0 unspecified atom stereocenters. The summed E-state index contributed by atoms with van der Waals surface area (Å²) in [4.78, 5) is 27.2. The maximum Gasteiger partial charge on any atom is 0.356 e. The lowest BCUT2D eigenvalue weighted by Gasteiger charge is -2.24. The Morgan fingerprint density at radius 2 is 2.04 bits per heavy atom. The van der Waals surface area contributed by atoms with E-state index < -0.39 is 5.97 Å². The number of aromatic carboxylic acids is 1. The van der Waals surface area contributed by atoms with Crippen LogP contribution in [0.1, 0.15) is 52.4 Å². The molecule has 128 valence electrons. The smallest absolute Gasteiger partial charge is 0.356 e. The molecule has 2 N–H and O–H groups in total. The summed E-state index contributed by atoms with van der Waals surface area (Å²) in [6.45, 7) is 4.04. The van der Waals surface area contributed by atoms with Crippen LogP contribution in [0.5, 0.6) is 0 Å². The van der Waals surface area contributed by atoms with Crippen LogP contribution in [-0.2, 0) is 0 Å². The van der Waals surface area contributed by atoms with Crippen molar-refractivity contribution in [2.75, 3.05) is 0 Å². The highest BCUT2D eigenvalue weighted by Crippen LogP contribution is 2.39. The van der Waals surface area contributed by atoms with Crippen molar-refractivity contribution < 1.29 is 9.90 Å². The van der Waals surface area contributed by atoms with E-state index in [1.165, 1.54) is 10.1 Å². The number of hydrogen-bond acceptors (Lipinski definition) is 3. The van der Waals surface area contributed by atoms with Crippen LogP contribution < -0.4 is 5.56 Å². The fourth-order valence-corrected chi connectivity index (χ4v) is 3.40. The number of rotatable bonds is 3. The Morgan fingerprint density at radius 3 is 2.64 bits per heavy atom. The first kappa shape index (κ1) is 15.6. The van der Waals surface area contributed by atoms with Gasteiger partial charge >= 0.3 is 5.97 Å². The first-order valence-corrected chi connectivity index (χ1v) is 8.42. The molecule has 1 fully saturated rings. The molecule has 1 aromatic carbocycles. The van der Waals surface area contributed by atoms with Crippen molar-refractivity contribution in [1.82, 2.24) is 14.6 Å². The number of hydrogen-bond donors (Lipinski definition) is 2. The summed E-state index contributed by atoms with van der Waals surface area (Å²) in [6, 6.07) is 5.94. The number of fused-ring (bicyclic) bond motifs is 1. The van der Waals surface area contributed by atoms with E-state index in [4.69, 9.17) is 0 Å². The number of aryl methyl sites for hydroxylation is 2. The fourth-order valence-electron chi connectivity index (χ4n) is 3.40. The van der Waals surface area contributed by atoms with Crippen LogP contribution >= 0.6 is 0 Å². The highest BCUT2D eigenvalue weighted by molar-refractivity contribution is 5.90. The van der Waals surface area contributed by atoms with Crippen LogP contribution in [-0.4, -0.2) is 25.7 Å². The zero-order valence-electron chi connectivity index (χ0n) is 14.2. The second kappa shape index (κ2) is 5.58. The van der Waals surface area contributed by atoms with Crippen molar-refractivity contribution in [3.63, 3.8) is 0 Å². The van der Waals surface area contributed by atoms with Crippen molar-refractivity contribution in [1.29, 1.82) is 0 Å². The van der Waals surface area contributed by atoms with Crippen LogP contribution in [0.3, 0.4) is 0 Å². The molecule has 6 nitrogen and oxygen atoms in total. The van der Waals surface area contributed by atoms with Crippen molar-refractivity contribution in [3.05, 3.63) is 57.1 Å². The molecule has 0 saturated heterocycles. The molecule has 1 saturated carbocycles. The molecular formula is C19H19N3O3. The van der Waals surface area contributed by atoms with Gasteiger partial charge in [0, 0.05) is 5.56 Å². The van der Waals surface area contributed by atoms with E-state index >= 15 is 0 Å². The van der Waals surface area contributed by atoms with Gasteiger partial charge in [-0.25, -0.2) is 9.31 Å². The number of carbonyl (C=O) groups is 1. The van der Waals surface area contributed by atoms with Gasteiger partial charge < -0.3 is 10.1 Å². The van der Waals surface area contributed by atoms with Gasteiger partial charge in [0.25, 0.3) is 5.56 Å². The topological polar surface area (TPSA) is 87.5 Å². The van der Waals surface area contributed by atoms with Crippen LogP contribution in [0.25, 0.3) is 16.8 Å². The molecule has 0 atom stereocenters. The predicted molar refractivity (Wildman–Crippen MR) is 94.3 cm³/mol. The fraction of sp³-hybridized carbons (Fsp3) is 0.316. The second-order valence-corrected chi connectivity index (χ2v) is 6.78. The van der Waals surface area contributed by atoms with Gasteiger partial charge in [-0.1, -0.05) is 18.6 Å². The van der Waals surface area contributed by atoms with E-state index in [1.54, 1.807) is 6.20 Å². The summed E-state index contributed by atoms with van der Waals surface area (Å²) >= 11 is 0. The third-order valence-electron chi connectivity index (χ3n) is 5.20. The molecule has 0 amide bonds. The minimum atomic E-state index is -1.09. The Morgan fingerprint density at radius 1 is 1.28 bits per heavy atom. The van der Waals surface area contributed by atoms with Gasteiger partial charge in [-0.3, -0.25) is 4.79 Å². The first-order valence-electron chi connectivity index (χ1n) is 8.42. The standard InChI is InChI=1S/C19H19N3O3/c1-10-6-7-13(8-11(10)2)14-9-22-17(18(23)20-14)15(12-4-3-5-12)16(21-22)19(24)25/h6-9,12H,3-5H2,1-2H3,(H,20,23)(H,24,25). The molecule has 0 radical (unpaired) electrons. The highest BCUT2D eigenvalue weighted by Gasteiger charge is 2.31. The van der Waals surface area contributed by atoms with Gasteiger partial charge in [0.15, 0.2) is 5.69 Å². The molecule has 1 aliphatic rings. The molecule has 6 heteroatoms. The predicted octanol–water partition coefficient (Wildman–Crippen LogP) is 3.27. The molecular weight excluding hydrogens is 318 g/mol. The Labute approximate surface area is 144 Å². The summed E-state index contributed by atoms with van der Waals surface area (Å²) in [5.74, 6) is -0.977. The zero-order valence-corrected chi connectivity index (χ0v) is 14.2. The van der Waals surface area contributed by atoms with E-state index in [-0.39, 0.29) is 17.2 Å². The summed E-state index contributed by atoms with van der Waals surface area (Å²) < 4.78 is 1.43. The van der Waals surface area contributed by atoms with Crippen molar-refractivity contribution in [3.8, 4) is 11.3 Å². The van der Waals surface area contributed by atoms with E-state index in [0.29, 0.717) is 16.8 Å². The third-order valence-corrected chi connectivity index (χ3v) is 5.20. The van der Waals surface area contributed by atoms with Crippen LogP contribution in [0.15, 0.2) is 29.2 Å². The SMILES string of the molecule is Cc1ccc(-c2cn3nc(C(=O)O)c(C4CCC4)c3c(=O)[nH]2)cc1C. The van der Waals surface area contributed by atoms with Crippen LogP contribution in [0.4, 0.5) is 0 Å². The highest BCUT2D eigenvalue weighted by atomic mass is 16.4.